The molecule has 1 atom stereocenters. The SMILES string of the molecule is CC1=C(c2ccccc2)C(=O)N(N)C(C)(N)O1. The lowest BCUT2D eigenvalue weighted by Crippen LogP contribution is -2.63. The van der Waals surface area contributed by atoms with Crippen molar-refractivity contribution in [2.24, 2.45) is 11.6 Å². The van der Waals surface area contributed by atoms with Gasteiger partial charge in [0.05, 0.1) is 5.57 Å². The highest BCUT2D eigenvalue weighted by atomic mass is 16.5. The molecular weight excluding hydrogens is 218 g/mol. The second-order valence-corrected chi connectivity index (χ2v) is 4.13. The maximum Gasteiger partial charge on any atom is 0.276 e. The van der Waals surface area contributed by atoms with E-state index in [1.807, 2.05) is 30.3 Å². The zero-order valence-corrected chi connectivity index (χ0v) is 9.81. The summed E-state index contributed by atoms with van der Waals surface area (Å²) in [5.41, 5.74) is 6.97. The van der Waals surface area contributed by atoms with Crippen LogP contribution in [0.1, 0.15) is 19.4 Å². The van der Waals surface area contributed by atoms with E-state index >= 15 is 0 Å². The minimum atomic E-state index is -1.31. The molecule has 4 N–H and O–H groups in total. The average molecular weight is 233 g/mol. The van der Waals surface area contributed by atoms with Crippen molar-refractivity contribution in [2.75, 3.05) is 0 Å². The van der Waals surface area contributed by atoms with E-state index in [0.717, 1.165) is 10.6 Å². The van der Waals surface area contributed by atoms with Gasteiger partial charge in [-0.3, -0.25) is 10.5 Å². The summed E-state index contributed by atoms with van der Waals surface area (Å²) in [5.74, 6) is 4.48. The molecule has 0 aliphatic carbocycles. The first-order chi connectivity index (χ1) is 7.93. The number of rotatable bonds is 1. The van der Waals surface area contributed by atoms with Crippen molar-refractivity contribution in [3.8, 4) is 0 Å². The third kappa shape index (κ3) is 1.90. The number of carbonyl (C=O) groups is 1. The van der Waals surface area contributed by atoms with Crippen LogP contribution >= 0.6 is 0 Å². The molecule has 1 aromatic rings. The first-order valence-corrected chi connectivity index (χ1v) is 5.27. The summed E-state index contributed by atoms with van der Waals surface area (Å²) in [5, 5.41) is 0.905. The molecule has 1 amide bonds. The van der Waals surface area contributed by atoms with Crippen LogP contribution in [0.3, 0.4) is 0 Å². The van der Waals surface area contributed by atoms with Crippen LogP contribution < -0.4 is 11.6 Å². The Morgan fingerprint density at radius 1 is 1.29 bits per heavy atom. The molecule has 1 heterocycles. The molecule has 2 rings (SSSR count). The normalized spacial score (nSPS) is 24.9. The Labute approximate surface area is 99.6 Å². The fourth-order valence-electron chi connectivity index (χ4n) is 1.81. The number of hydrazine groups is 1. The van der Waals surface area contributed by atoms with Crippen molar-refractivity contribution in [2.45, 2.75) is 19.7 Å². The van der Waals surface area contributed by atoms with Gasteiger partial charge in [0.1, 0.15) is 5.76 Å². The number of hydrogen-bond donors (Lipinski definition) is 2. The first-order valence-electron chi connectivity index (χ1n) is 5.27. The van der Waals surface area contributed by atoms with Crippen molar-refractivity contribution < 1.29 is 9.53 Å². The Morgan fingerprint density at radius 2 is 1.88 bits per heavy atom. The van der Waals surface area contributed by atoms with Crippen molar-refractivity contribution in [3.05, 3.63) is 41.7 Å². The molecule has 0 aromatic heterocycles. The molecule has 1 aromatic carbocycles. The van der Waals surface area contributed by atoms with Crippen LogP contribution in [-0.2, 0) is 9.53 Å². The molecule has 1 unspecified atom stereocenters. The number of amides is 1. The van der Waals surface area contributed by atoms with Crippen LogP contribution in [0.2, 0.25) is 0 Å². The molecule has 1 aliphatic heterocycles. The lowest BCUT2D eigenvalue weighted by Gasteiger charge is -2.39. The van der Waals surface area contributed by atoms with Gasteiger partial charge in [0.2, 0.25) is 5.85 Å². The number of benzene rings is 1. The Balaban J connectivity index is 2.51. The molecule has 5 heteroatoms. The number of nitrogens with two attached hydrogens (primary N) is 2. The highest BCUT2D eigenvalue weighted by Crippen LogP contribution is 2.29. The Hall–Kier alpha value is -1.85. The van der Waals surface area contributed by atoms with Crippen LogP contribution in [0.4, 0.5) is 0 Å². The zero-order chi connectivity index (χ0) is 12.6. The summed E-state index contributed by atoms with van der Waals surface area (Å²) in [6.07, 6.45) is 0. The smallest absolute Gasteiger partial charge is 0.276 e. The van der Waals surface area contributed by atoms with Crippen LogP contribution in [-0.4, -0.2) is 16.8 Å². The van der Waals surface area contributed by atoms with Crippen molar-refractivity contribution in [1.82, 2.24) is 5.01 Å². The zero-order valence-electron chi connectivity index (χ0n) is 9.81. The Kier molecular flexibility index (Phi) is 2.65. The van der Waals surface area contributed by atoms with E-state index in [4.69, 9.17) is 16.3 Å². The molecule has 0 radical (unpaired) electrons. The highest BCUT2D eigenvalue weighted by molar-refractivity contribution is 6.20. The lowest BCUT2D eigenvalue weighted by atomic mass is 10.0. The maximum absolute atomic E-state index is 12.1. The number of hydrogen-bond acceptors (Lipinski definition) is 4. The summed E-state index contributed by atoms with van der Waals surface area (Å²) in [7, 11) is 0. The van der Waals surface area contributed by atoms with E-state index in [9.17, 15) is 4.79 Å². The molecule has 0 saturated heterocycles. The summed E-state index contributed by atoms with van der Waals surface area (Å²) in [6.45, 7) is 3.24. The molecule has 0 spiro atoms. The van der Waals surface area contributed by atoms with Gasteiger partial charge in [-0.1, -0.05) is 30.3 Å². The fourth-order valence-corrected chi connectivity index (χ4v) is 1.81. The molecule has 1 aliphatic rings. The quantitative estimate of drug-likeness (QED) is 0.555. The summed E-state index contributed by atoms with van der Waals surface area (Å²) >= 11 is 0. The molecule has 90 valence electrons. The van der Waals surface area contributed by atoms with Crippen LogP contribution in [0.25, 0.3) is 5.57 Å². The first kappa shape index (κ1) is 11.6. The van der Waals surface area contributed by atoms with Gasteiger partial charge in [0.25, 0.3) is 5.91 Å². The third-order valence-electron chi connectivity index (χ3n) is 2.69. The van der Waals surface area contributed by atoms with Gasteiger partial charge in [-0.05, 0) is 12.5 Å². The molecule has 0 fully saturated rings. The van der Waals surface area contributed by atoms with Crippen LogP contribution in [0, 0.1) is 0 Å². The minimum absolute atomic E-state index is 0.343. The Morgan fingerprint density at radius 3 is 2.47 bits per heavy atom. The fraction of sp³-hybridized carbons (Fsp3) is 0.250. The summed E-state index contributed by atoms with van der Waals surface area (Å²) < 4.78 is 5.46. The van der Waals surface area contributed by atoms with Gasteiger partial charge in [-0.15, -0.1) is 0 Å². The van der Waals surface area contributed by atoms with Crippen molar-refractivity contribution in [1.29, 1.82) is 0 Å². The van der Waals surface area contributed by atoms with E-state index in [-0.39, 0.29) is 5.91 Å². The van der Waals surface area contributed by atoms with Gasteiger partial charge in [-0.25, -0.2) is 10.9 Å². The maximum atomic E-state index is 12.1. The van der Waals surface area contributed by atoms with Gasteiger partial charge in [0, 0.05) is 6.92 Å². The van der Waals surface area contributed by atoms with Crippen LogP contribution in [0.5, 0.6) is 0 Å². The third-order valence-corrected chi connectivity index (χ3v) is 2.69. The van der Waals surface area contributed by atoms with E-state index in [2.05, 4.69) is 0 Å². The van der Waals surface area contributed by atoms with E-state index < -0.39 is 5.85 Å². The molecule has 17 heavy (non-hydrogen) atoms. The average Bonchev–Trinajstić information content (AvgIpc) is 2.27. The number of carbonyl (C=O) groups excluding carboxylic acids is 1. The van der Waals surface area contributed by atoms with Crippen molar-refractivity contribution in [3.63, 3.8) is 0 Å². The second kappa shape index (κ2) is 3.87. The minimum Gasteiger partial charge on any atom is -0.457 e. The highest BCUT2D eigenvalue weighted by Gasteiger charge is 2.39. The summed E-state index contributed by atoms with van der Waals surface area (Å²) in [6, 6.07) is 9.22. The Bertz CT molecular complexity index is 480. The van der Waals surface area contributed by atoms with Gasteiger partial charge in [0.15, 0.2) is 0 Å². The second-order valence-electron chi connectivity index (χ2n) is 4.13. The van der Waals surface area contributed by atoms with E-state index in [1.54, 1.807) is 6.92 Å². The summed E-state index contributed by atoms with van der Waals surface area (Å²) in [4.78, 5) is 12.1. The monoisotopic (exact) mass is 233 g/mol. The van der Waals surface area contributed by atoms with E-state index in [0.29, 0.717) is 11.3 Å². The number of allylic oxidation sites excluding steroid dienone is 1. The molecule has 0 bridgehead atoms. The predicted octanol–water partition coefficient (Wildman–Crippen LogP) is 0.782. The van der Waals surface area contributed by atoms with E-state index in [1.165, 1.54) is 6.92 Å². The van der Waals surface area contributed by atoms with Gasteiger partial charge >= 0.3 is 0 Å². The largest absolute Gasteiger partial charge is 0.457 e. The standard InChI is InChI=1S/C12H15N3O2/c1-8-10(9-6-4-3-5-7-9)11(16)15(14)12(2,13)17-8/h3-7H,13-14H2,1-2H3. The molecule has 5 nitrogen and oxygen atoms in total. The molecular formula is C12H15N3O2. The predicted molar refractivity (Wildman–Crippen MR) is 63.7 cm³/mol. The van der Waals surface area contributed by atoms with Crippen molar-refractivity contribution >= 4 is 11.5 Å². The molecule has 0 saturated carbocycles. The van der Waals surface area contributed by atoms with Crippen LogP contribution in [0.15, 0.2) is 36.1 Å². The number of ether oxygens (including phenoxy) is 1. The lowest BCUT2D eigenvalue weighted by molar-refractivity contribution is -0.160. The number of nitrogens with zero attached hydrogens (tertiary/aromatic N) is 1. The van der Waals surface area contributed by atoms with Gasteiger partial charge in [-0.2, -0.15) is 0 Å². The topological polar surface area (TPSA) is 81.6 Å². The van der Waals surface area contributed by atoms with Gasteiger partial charge < -0.3 is 4.74 Å².